The highest BCUT2D eigenvalue weighted by atomic mass is 16.5. The lowest BCUT2D eigenvalue weighted by Crippen LogP contribution is -2.12. The van der Waals surface area contributed by atoms with Crippen molar-refractivity contribution in [1.29, 1.82) is 0 Å². The Bertz CT molecular complexity index is 560. The van der Waals surface area contributed by atoms with Crippen LogP contribution in [0.5, 0.6) is 5.75 Å². The molecule has 0 aliphatic carbocycles. The van der Waals surface area contributed by atoms with Crippen molar-refractivity contribution in [3.05, 3.63) is 48.0 Å². The van der Waals surface area contributed by atoms with Gasteiger partial charge < -0.3 is 4.74 Å². The van der Waals surface area contributed by atoms with Crippen LogP contribution in [-0.2, 0) is 6.42 Å². The molecule has 19 heavy (non-hydrogen) atoms. The van der Waals surface area contributed by atoms with Crippen LogP contribution in [0.25, 0.3) is 0 Å². The maximum atomic E-state index is 12.1. The summed E-state index contributed by atoms with van der Waals surface area (Å²) in [5.74, 6) is 1.16. The fourth-order valence-corrected chi connectivity index (χ4v) is 1.96. The highest BCUT2D eigenvalue weighted by molar-refractivity contribution is 5.81. The molecule has 0 unspecified atom stereocenters. The summed E-state index contributed by atoms with van der Waals surface area (Å²) in [6, 6.07) is 6.00. The van der Waals surface area contributed by atoms with Crippen molar-refractivity contribution in [2.45, 2.75) is 26.2 Å². The lowest BCUT2D eigenvalue weighted by Gasteiger charge is -2.12. The van der Waals surface area contributed by atoms with E-state index in [2.05, 4.69) is 18.8 Å². The third kappa shape index (κ3) is 3.02. The second-order valence-electron chi connectivity index (χ2n) is 4.77. The second-order valence-corrected chi connectivity index (χ2v) is 4.77. The van der Waals surface area contributed by atoms with Crippen molar-refractivity contribution < 1.29 is 9.53 Å². The smallest absolute Gasteiger partial charge is 0.236 e. The molecule has 0 spiro atoms. The first-order valence-corrected chi connectivity index (χ1v) is 6.29. The van der Waals surface area contributed by atoms with E-state index in [0.717, 1.165) is 11.3 Å². The topological polar surface area (TPSA) is 44.1 Å². The van der Waals surface area contributed by atoms with Gasteiger partial charge in [-0.1, -0.05) is 26.0 Å². The summed E-state index contributed by atoms with van der Waals surface area (Å²) >= 11 is 0. The maximum Gasteiger partial charge on any atom is 0.236 e. The summed E-state index contributed by atoms with van der Waals surface area (Å²) in [7, 11) is 1.62. The molecule has 0 saturated heterocycles. The number of imidazole rings is 1. The Kier molecular flexibility index (Phi) is 4.00. The predicted molar refractivity (Wildman–Crippen MR) is 73.6 cm³/mol. The summed E-state index contributed by atoms with van der Waals surface area (Å²) in [6.07, 6.45) is 5.07. The Hall–Kier alpha value is -2.10. The molecule has 0 aliphatic rings. The third-order valence-corrected chi connectivity index (χ3v) is 3.11. The van der Waals surface area contributed by atoms with E-state index >= 15 is 0 Å². The summed E-state index contributed by atoms with van der Waals surface area (Å²) in [6.45, 7) is 4.26. The van der Waals surface area contributed by atoms with Crippen LogP contribution in [-0.4, -0.2) is 22.6 Å². The van der Waals surface area contributed by atoms with E-state index < -0.39 is 0 Å². The van der Waals surface area contributed by atoms with Crippen LogP contribution in [0.1, 0.15) is 35.7 Å². The zero-order chi connectivity index (χ0) is 13.8. The van der Waals surface area contributed by atoms with Crippen LogP contribution in [0.4, 0.5) is 0 Å². The molecule has 100 valence electrons. The van der Waals surface area contributed by atoms with Crippen molar-refractivity contribution in [3.8, 4) is 5.75 Å². The molecule has 1 heterocycles. The third-order valence-electron chi connectivity index (χ3n) is 3.11. The predicted octanol–water partition coefficient (Wildman–Crippen LogP) is 2.90. The molecule has 4 heteroatoms. The van der Waals surface area contributed by atoms with Gasteiger partial charge in [0, 0.05) is 18.0 Å². The fourth-order valence-electron chi connectivity index (χ4n) is 1.96. The SMILES string of the molecule is COc1ccc(C(C)C)cc1CC(=O)n1ccnc1. The fraction of sp³-hybridized carbons (Fsp3) is 0.333. The van der Waals surface area contributed by atoms with Crippen LogP contribution in [0.15, 0.2) is 36.9 Å². The second kappa shape index (κ2) is 5.69. The first-order valence-electron chi connectivity index (χ1n) is 6.29. The minimum Gasteiger partial charge on any atom is -0.496 e. The van der Waals surface area contributed by atoms with Crippen molar-refractivity contribution in [1.82, 2.24) is 9.55 Å². The lowest BCUT2D eigenvalue weighted by molar-refractivity contribution is 0.0913. The number of hydrogen-bond donors (Lipinski definition) is 0. The quantitative estimate of drug-likeness (QED) is 0.847. The Morgan fingerprint density at radius 3 is 2.79 bits per heavy atom. The summed E-state index contributed by atoms with van der Waals surface area (Å²) in [5, 5.41) is 0. The minimum atomic E-state index is -0.0169. The van der Waals surface area contributed by atoms with E-state index in [-0.39, 0.29) is 5.91 Å². The monoisotopic (exact) mass is 258 g/mol. The van der Waals surface area contributed by atoms with Gasteiger partial charge in [0.1, 0.15) is 12.1 Å². The van der Waals surface area contributed by atoms with E-state index in [4.69, 9.17) is 4.74 Å². The molecule has 0 amide bonds. The van der Waals surface area contributed by atoms with Gasteiger partial charge >= 0.3 is 0 Å². The molecule has 0 radical (unpaired) electrons. The van der Waals surface area contributed by atoms with Gasteiger partial charge in [-0.05, 0) is 17.5 Å². The number of nitrogens with zero attached hydrogens (tertiary/aromatic N) is 2. The highest BCUT2D eigenvalue weighted by Crippen LogP contribution is 2.24. The Balaban J connectivity index is 2.27. The van der Waals surface area contributed by atoms with E-state index in [1.807, 2.05) is 18.2 Å². The van der Waals surface area contributed by atoms with Crippen LogP contribution in [0, 0.1) is 0 Å². The van der Waals surface area contributed by atoms with Gasteiger partial charge in [0.25, 0.3) is 0 Å². The number of carbonyl (C=O) groups excluding carboxylic acids is 1. The van der Waals surface area contributed by atoms with Gasteiger partial charge in [-0.15, -0.1) is 0 Å². The van der Waals surface area contributed by atoms with E-state index in [0.29, 0.717) is 12.3 Å². The standard InChI is InChI=1S/C15H18N2O2/c1-11(2)12-4-5-14(19-3)13(8-12)9-15(18)17-7-6-16-10-17/h4-8,10-11H,9H2,1-3H3. The van der Waals surface area contributed by atoms with Crippen molar-refractivity contribution in [2.75, 3.05) is 7.11 Å². The molecule has 1 aromatic carbocycles. The Morgan fingerprint density at radius 1 is 1.42 bits per heavy atom. The van der Waals surface area contributed by atoms with Gasteiger partial charge in [0.2, 0.25) is 5.91 Å². The van der Waals surface area contributed by atoms with Gasteiger partial charge in [-0.2, -0.15) is 0 Å². The molecule has 0 N–H and O–H groups in total. The number of benzene rings is 1. The van der Waals surface area contributed by atoms with Gasteiger partial charge in [0.05, 0.1) is 13.5 Å². The molecular weight excluding hydrogens is 240 g/mol. The molecule has 2 rings (SSSR count). The zero-order valence-electron chi connectivity index (χ0n) is 11.5. The number of ether oxygens (including phenoxy) is 1. The number of rotatable bonds is 4. The molecule has 0 aliphatic heterocycles. The van der Waals surface area contributed by atoms with E-state index in [1.165, 1.54) is 16.5 Å². The van der Waals surface area contributed by atoms with Gasteiger partial charge in [-0.3, -0.25) is 9.36 Å². The van der Waals surface area contributed by atoms with E-state index in [9.17, 15) is 4.79 Å². The van der Waals surface area contributed by atoms with Crippen LogP contribution in [0.3, 0.4) is 0 Å². The molecule has 0 bridgehead atoms. The maximum absolute atomic E-state index is 12.1. The van der Waals surface area contributed by atoms with Gasteiger partial charge in [0.15, 0.2) is 0 Å². The van der Waals surface area contributed by atoms with Crippen molar-refractivity contribution in [2.24, 2.45) is 0 Å². The van der Waals surface area contributed by atoms with Crippen molar-refractivity contribution in [3.63, 3.8) is 0 Å². The molecule has 0 saturated carbocycles. The normalized spacial score (nSPS) is 10.7. The molecule has 0 fully saturated rings. The average molecular weight is 258 g/mol. The Labute approximate surface area is 113 Å². The first kappa shape index (κ1) is 13.3. The lowest BCUT2D eigenvalue weighted by atomic mass is 9.99. The molecule has 4 nitrogen and oxygen atoms in total. The summed E-state index contributed by atoms with van der Waals surface area (Å²) in [4.78, 5) is 16.0. The number of aromatic nitrogens is 2. The average Bonchev–Trinajstić information content (AvgIpc) is 2.92. The zero-order valence-corrected chi connectivity index (χ0v) is 11.5. The number of hydrogen-bond acceptors (Lipinski definition) is 3. The molecule has 0 atom stereocenters. The van der Waals surface area contributed by atoms with Gasteiger partial charge in [-0.25, -0.2) is 4.98 Å². The van der Waals surface area contributed by atoms with Crippen LogP contribution >= 0.6 is 0 Å². The Morgan fingerprint density at radius 2 is 2.21 bits per heavy atom. The summed E-state index contributed by atoms with van der Waals surface area (Å²) in [5.41, 5.74) is 2.11. The summed E-state index contributed by atoms with van der Waals surface area (Å²) < 4.78 is 6.81. The van der Waals surface area contributed by atoms with Crippen LogP contribution in [0.2, 0.25) is 0 Å². The highest BCUT2D eigenvalue weighted by Gasteiger charge is 2.12. The molecule has 1 aromatic heterocycles. The number of carbonyl (C=O) groups is 1. The largest absolute Gasteiger partial charge is 0.496 e. The van der Waals surface area contributed by atoms with Crippen molar-refractivity contribution >= 4 is 5.91 Å². The number of methoxy groups -OCH3 is 1. The van der Waals surface area contributed by atoms with Crippen LogP contribution < -0.4 is 4.74 Å². The molecule has 2 aromatic rings. The van der Waals surface area contributed by atoms with E-state index in [1.54, 1.807) is 19.5 Å². The molecular formula is C15H18N2O2. The minimum absolute atomic E-state index is 0.0169. The first-order chi connectivity index (χ1) is 9.11.